The highest BCUT2D eigenvalue weighted by Crippen LogP contribution is 2.15. The summed E-state index contributed by atoms with van der Waals surface area (Å²) in [7, 11) is 0. The number of fused-ring (bicyclic) bond motifs is 2. The summed E-state index contributed by atoms with van der Waals surface area (Å²) in [6, 6.07) is 9.09. The van der Waals surface area contributed by atoms with Gasteiger partial charge >= 0.3 is 0 Å². The van der Waals surface area contributed by atoms with Gasteiger partial charge in [0.05, 0.1) is 28.7 Å². The average Bonchev–Trinajstić information content (AvgIpc) is 3.10. The van der Waals surface area contributed by atoms with Crippen molar-refractivity contribution < 1.29 is 4.79 Å². The van der Waals surface area contributed by atoms with E-state index >= 15 is 0 Å². The van der Waals surface area contributed by atoms with Gasteiger partial charge in [0.1, 0.15) is 5.65 Å². The normalized spacial score (nSPS) is 11.1. The number of amides is 1. The van der Waals surface area contributed by atoms with E-state index in [1.54, 1.807) is 18.5 Å². The second kappa shape index (κ2) is 4.70. The van der Waals surface area contributed by atoms with Gasteiger partial charge in [0.15, 0.2) is 0 Å². The number of hydrogen-bond acceptors (Lipinski definition) is 3. The Morgan fingerprint density at radius 1 is 1.23 bits per heavy atom. The fourth-order valence-corrected chi connectivity index (χ4v) is 2.47. The first kappa shape index (κ1) is 12.6. The van der Waals surface area contributed by atoms with E-state index in [1.165, 1.54) is 0 Å². The van der Waals surface area contributed by atoms with Crippen molar-refractivity contribution in [2.45, 2.75) is 6.92 Å². The minimum absolute atomic E-state index is 0.160. The number of anilines is 1. The Bertz CT molecular complexity index is 998. The minimum Gasteiger partial charge on any atom is -0.345 e. The van der Waals surface area contributed by atoms with Crippen molar-refractivity contribution in [3.8, 4) is 0 Å². The van der Waals surface area contributed by atoms with Gasteiger partial charge in [-0.1, -0.05) is 0 Å². The van der Waals surface area contributed by atoms with Crippen LogP contribution in [0.1, 0.15) is 16.1 Å². The Labute approximate surface area is 125 Å². The number of carbonyl (C=O) groups is 1. The number of carbonyl (C=O) groups excluding carboxylic acids is 1. The molecule has 0 saturated carbocycles. The van der Waals surface area contributed by atoms with Crippen molar-refractivity contribution in [1.82, 2.24) is 19.4 Å². The Morgan fingerprint density at radius 3 is 3.05 bits per heavy atom. The number of pyridine rings is 1. The van der Waals surface area contributed by atoms with Crippen LogP contribution in [0.5, 0.6) is 0 Å². The topological polar surface area (TPSA) is 75.1 Å². The molecular formula is C16H13N5O. The van der Waals surface area contributed by atoms with Crippen LogP contribution in [0, 0.1) is 6.92 Å². The minimum atomic E-state index is -0.160. The number of aryl methyl sites for hydroxylation is 1. The molecule has 0 aliphatic carbocycles. The molecule has 0 unspecified atom stereocenters. The molecule has 6 heteroatoms. The number of aromatic amines is 1. The van der Waals surface area contributed by atoms with Crippen LogP contribution in [0.4, 0.5) is 5.69 Å². The highest BCUT2D eigenvalue weighted by Gasteiger charge is 2.08. The average molecular weight is 291 g/mol. The molecule has 4 rings (SSSR count). The third kappa shape index (κ3) is 2.10. The van der Waals surface area contributed by atoms with Gasteiger partial charge in [-0.25, -0.2) is 9.97 Å². The molecule has 22 heavy (non-hydrogen) atoms. The largest absolute Gasteiger partial charge is 0.345 e. The Hall–Kier alpha value is -3.15. The lowest BCUT2D eigenvalue weighted by Gasteiger charge is -2.06. The van der Waals surface area contributed by atoms with Crippen LogP contribution in [-0.2, 0) is 0 Å². The molecule has 3 heterocycles. The molecule has 0 atom stereocenters. The molecule has 0 bridgehead atoms. The third-order valence-corrected chi connectivity index (χ3v) is 3.51. The highest BCUT2D eigenvalue weighted by atomic mass is 16.1. The predicted octanol–water partition coefficient (Wildman–Crippen LogP) is 2.77. The molecule has 0 saturated heterocycles. The predicted molar refractivity (Wildman–Crippen MR) is 84.0 cm³/mol. The van der Waals surface area contributed by atoms with Crippen molar-refractivity contribution in [2.24, 2.45) is 0 Å². The van der Waals surface area contributed by atoms with E-state index in [2.05, 4.69) is 20.3 Å². The molecule has 3 aromatic heterocycles. The summed E-state index contributed by atoms with van der Waals surface area (Å²) < 4.78 is 1.89. The lowest BCUT2D eigenvalue weighted by molar-refractivity contribution is 0.102. The second-order valence-corrected chi connectivity index (χ2v) is 5.15. The molecule has 108 valence electrons. The molecule has 0 fully saturated rings. The van der Waals surface area contributed by atoms with E-state index in [-0.39, 0.29) is 5.91 Å². The first-order chi connectivity index (χ1) is 10.7. The van der Waals surface area contributed by atoms with Crippen LogP contribution < -0.4 is 5.32 Å². The summed E-state index contributed by atoms with van der Waals surface area (Å²) in [5.41, 5.74) is 4.78. The van der Waals surface area contributed by atoms with E-state index in [1.807, 2.05) is 41.9 Å². The Morgan fingerprint density at radius 2 is 2.14 bits per heavy atom. The van der Waals surface area contributed by atoms with Crippen molar-refractivity contribution >= 4 is 28.3 Å². The summed E-state index contributed by atoms with van der Waals surface area (Å²) in [4.78, 5) is 23.9. The fourth-order valence-electron chi connectivity index (χ4n) is 2.47. The number of imidazole rings is 2. The van der Waals surface area contributed by atoms with E-state index in [9.17, 15) is 4.79 Å². The van der Waals surface area contributed by atoms with E-state index in [4.69, 9.17) is 0 Å². The van der Waals surface area contributed by atoms with Crippen molar-refractivity contribution in [1.29, 1.82) is 0 Å². The third-order valence-electron chi connectivity index (χ3n) is 3.51. The summed E-state index contributed by atoms with van der Waals surface area (Å²) in [5.74, 6) is -0.160. The lowest BCUT2D eigenvalue weighted by atomic mass is 10.2. The number of nitrogens with one attached hydrogen (secondary N) is 2. The number of hydrogen-bond donors (Lipinski definition) is 2. The monoisotopic (exact) mass is 291 g/mol. The molecule has 0 spiro atoms. The summed E-state index contributed by atoms with van der Waals surface area (Å²) in [6.45, 7) is 1.94. The SMILES string of the molecule is Cc1cn2cc(NC(=O)c3ccc4nc[nH]c4c3)ccc2n1. The lowest BCUT2D eigenvalue weighted by Crippen LogP contribution is -2.12. The van der Waals surface area contributed by atoms with Crippen LogP contribution >= 0.6 is 0 Å². The molecule has 0 aliphatic heterocycles. The summed E-state index contributed by atoms with van der Waals surface area (Å²) in [5, 5.41) is 2.89. The van der Waals surface area contributed by atoms with Gasteiger partial charge in [-0.3, -0.25) is 4.79 Å². The first-order valence-electron chi connectivity index (χ1n) is 6.89. The number of aromatic nitrogens is 4. The molecular weight excluding hydrogens is 278 g/mol. The molecule has 6 nitrogen and oxygen atoms in total. The van der Waals surface area contributed by atoms with Crippen LogP contribution in [0.25, 0.3) is 16.7 Å². The zero-order valence-electron chi connectivity index (χ0n) is 11.9. The maximum Gasteiger partial charge on any atom is 0.255 e. The van der Waals surface area contributed by atoms with E-state index in [0.29, 0.717) is 5.56 Å². The van der Waals surface area contributed by atoms with E-state index < -0.39 is 0 Å². The second-order valence-electron chi connectivity index (χ2n) is 5.15. The molecule has 0 radical (unpaired) electrons. The molecule has 1 aromatic carbocycles. The van der Waals surface area contributed by atoms with E-state index in [0.717, 1.165) is 28.1 Å². The van der Waals surface area contributed by atoms with Gasteiger partial charge in [-0.05, 0) is 37.3 Å². The summed E-state index contributed by atoms with van der Waals surface area (Å²) in [6.07, 6.45) is 5.38. The standard InChI is InChI=1S/C16H13N5O/c1-10-7-21-8-12(3-5-15(21)19-10)20-16(22)11-2-4-13-14(6-11)18-9-17-13/h2-9H,1H3,(H,17,18)(H,20,22). The highest BCUT2D eigenvalue weighted by molar-refractivity contribution is 6.05. The molecule has 0 aliphatic rings. The zero-order valence-corrected chi connectivity index (χ0v) is 11.9. The molecule has 2 N–H and O–H groups in total. The maximum absolute atomic E-state index is 12.4. The number of nitrogens with zero attached hydrogens (tertiary/aromatic N) is 3. The maximum atomic E-state index is 12.4. The summed E-state index contributed by atoms with van der Waals surface area (Å²) >= 11 is 0. The number of H-pyrrole nitrogens is 1. The first-order valence-corrected chi connectivity index (χ1v) is 6.89. The van der Waals surface area contributed by atoms with Crippen LogP contribution in [0.15, 0.2) is 49.1 Å². The molecule has 4 aromatic rings. The van der Waals surface area contributed by atoms with Gasteiger partial charge in [-0.15, -0.1) is 0 Å². The zero-order chi connectivity index (χ0) is 15.1. The Balaban J connectivity index is 1.64. The smallest absolute Gasteiger partial charge is 0.255 e. The quantitative estimate of drug-likeness (QED) is 0.596. The molecule has 1 amide bonds. The Kier molecular flexibility index (Phi) is 2.69. The van der Waals surface area contributed by atoms with Crippen LogP contribution in [0.2, 0.25) is 0 Å². The van der Waals surface area contributed by atoms with Crippen molar-refractivity contribution in [3.05, 3.63) is 60.3 Å². The fraction of sp³-hybridized carbons (Fsp3) is 0.0625. The van der Waals surface area contributed by atoms with Gasteiger partial charge in [0, 0.05) is 18.0 Å². The van der Waals surface area contributed by atoms with Crippen molar-refractivity contribution in [2.75, 3.05) is 5.32 Å². The van der Waals surface area contributed by atoms with Gasteiger partial charge in [-0.2, -0.15) is 0 Å². The number of benzene rings is 1. The van der Waals surface area contributed by atoms with Crippen molar-refractivity contribution in [3.63, 3.8) is 0 Å². The van der Waals surface area contributed by atoms with Gasteiger partial charge in [0.2, 0.25) is 0 Å². The van der Waals surface area contributed by atoms with Gasteiger partial charge in [0.25, 0.3) is 5.91 Å². The number of rotatable bonds is 2. The van der Waals surface area contributed by atoms with Gasteiger partial charge < -0.3 is 14.7 Å². The van der Waals surface area contributed by atoms with Crippen LogP contribution in [-0.4, -0.2) is 25.3 Å². The van der Waals surface area contributed by atoms with Crippen LogP contribution in [0.3, 0.4) is 0 Å².